The fourth-order valence-electron chi connectivity index (χ4n) is 2.07. The Kier molecular flexibility index (Phi) is 5.12. The smallest absolute Gasteiger partial charge is 0.256 e. The molecule has 0 atom stereocenters. The Balaban J connectivity index is 2.43. The number of hydrogen-bond donors (Lipinski definition) is 1. The summed E-state index contributed by atoms with van der Waals surface area (Å²) in [6, 6.07) is 11.3. The van der Waals surface area contributed by atoms with Gasteiger partial charge in [0.2, 0.25) is 0 Å². The third-order valence-corrected chi connectivity index (χ3v) is 5.95. The molecule has 2 rings (SSSR count). The Morgan fingerprint density at radius 1 is 1.13 bits per heavy atom. The number of carbonyl (C=O) groups is 1. The average Bonchev–Trinajstić information content (AvgIpc) is 2.50. The van der Waals surface area contributed by atoms with Crippen molar-refractivity contribution >= 4 is 33.0 Å². The van der Waals surface area contributed by atoms with Gasteiger partial charge in [-0.3, -0.25) is 4.79 Å². The maximum atomic E-state index is 12.5. The van der Waals surface area contributed by atoms with E-state index in [1.165, 1.54) is 12.1 Å². The van der Waals surface area contributed by atoms with Crippen LogP contribution < -0.4 is 5.32 Å². The molecule has 0 aliphatic heterocycles. The largest absolute Gasteiger partial charge is 0.322 e. The van der Waals surface area contributed by atoms with Crippen molar-refractivity contribution in [1.29, 1.82) is 0 Å². The highest BCUT2D eigenvalue weighted by Crippen LogP contribution is 2.24. The lowest BCUT2D eigenvalue weighted by atomic mass is 10.1. The summed E-state index contributed by atoms with van der Waals surface area (Å²) < 4.78 is 24.9. The van der Waals surface area contributed by atoms with E-state index in [2.05, 4.69) is 5.32 Å². The lowest BCUT2D eigenvalue weighted by molar-refractivity contribution is 0.102. The number of hydrogen-bond acceptors (Lipinski definition) is 3. The van der Waals surface area contributed by atoms with Gasteiger partial charge in [0.25, 0.3) is 5.91 Å². The fourth-order valence-corrected chi connectivity index (χ4v) is 3.49. The topological polar surface area (TPSA) is 63.2 Å². The molecular formula is C17H18ClNO3S. The molecule has 122 valence electrons. The third kappa shape index (κ3) is 3.74. The Bertz CT molecular complexity index is 845. The molecule has 0 fully saturated rings. The van der Waals surface area contributed by atoms with Gasteiger partial charge in [-0.1, -0.05) is 29.8 Å². The predicted molar refractivity (Wildman–Crippen MR) is 92.9 cm³/mol. The molecular weight excluding hydrogens is 334 g/mol. The molecule has 0 saturated heterocycles. The van der Waals surface area contributed by atoms with E-state index in [0.29, 0.717) is 10.7 Å². The monoisotopic (exact) mass is 351 g/mol. The molecule has 1 N–H and O–H groups in total. The van der Waals surface area contributed by atoms with Crippen molar-refractivity contribution in [2.24, 2.45) is 0 Å². The number of sulfone groups is 1. The summed E-state index contributed by atoms with van der Waals surface area (Å²) >= 11 is 5.94. The molecule has 2 aromatic carbocycles. The second-order valence-electron chi connectivity index (χ2n) is 5.50. The van der Waals surface area contributed by atoms with E-state index in [1.807, 2.05) is 6.92 Å². The Labute approximate surface area is 141 Å². The minimum absolute atomic E-state index is 0.0344. The zero-order chi connectivity index (χ0) is 17.2. The predicted octanol–water partition coefficient (Wildman–Crippen LogP) is 4.08. The molecule has 6 heteroatoms. The summed E-state index contributed by atoms with van der Waals surface area (Å²) in [4.78, 5) is 12.6. The molecule has 4 nitrogen and oxygen atoms in total. The molecule has 0 aromatic heterocycles. The second-order valence-corrected chi connectivity index (χ2v) is 8.41. The van der Waals surface area contributed by atoms with E-state index in [-0.39, 0.29) is 10.5 Å². The van der Waals surface area contributed by atoms with E-state index in [0.717, 1.165) is 5.56 Å². The van der Waals surface area contributed by atoms with Crippen molar-refractivity contribution in [2.75, 3.05) is 5.32 Å². The van der Waals surface area contributed by atoms with Crippen molar-refractivity contribution in [3.63, 3.8) is 0 Å². The van der Waals surface area contributed by atoms with Gasteiger partial charge in [-0.05, 0) is 50.6 Å². The summed E-state index contributed by atoms with van der Waals surface area (Å²) in [6.07, 6.45) is 0. The highest BCUT2D eigenvalue weighted by molar-refractivity contribution is 7.92. The number of benzene rings is 2. The molecule has 0 heterocycles. The van der Waals surface area contributed by atoms with Crippen molar-refractivity contribution in [3.8, 4) is 0 Å². The molecule has 0 spiro atoms. The summed E-state index contributed by atoms with van der Waals surface area (Å²) in [6.45, 7) is 5.01. The van der Waals surface area contributed by atoms with Crippen molar-refractivity contribution < 1.29 is 13.2 Å². The van der Waals surface area contributed by atoms with Crippen LogP contribution in [0.2, 0.25) is 5.02 Å². The molecule has 23 heavy (non-hydrogen) atoms. The first-order valence-corrected chi connectivity index (χ1v) is 9.06. The van der Waals surface area contributed by atoms with Gasteiger partial charge in [-0.25, -0.2) is 8.42 Å². The maximum absolute atomic E-state index is 12.5. The molecule has 0 saturated carbocycles. The number of anilines is 1. The van der Waals surface area contributed by atoms with Crippen LogP contribution in [0.15, 0.2) is 47.4 Å². The highest BCUT2D eigenvalue weighted by atomic mass is 35.5. The second kappa shape index (κ2) is 6.72. The SMILES string of the molecule is Cc1ccc(Cl)cc1NC(=O)c1ccccc1S(=O)(=O)C(C)C. The van der Waals surface area contributed by atoms with Crippen LogP contribution in [0.25, 0.3) is 0 Å². The van der Waals surface area contributed by atoms with Crippen LogP contribution in [0.3, 0.4) is 0 Å². The number of nitrogens with one attached hydrogen (secondary N) is 1. The van der Waals surface area contributed by atoms with Gasteiger partial charge >= 0.3 is 0 Å². The Hall–Kier alpha value is -1.85. The van der Waals surface area contributed by atoms with Crippen LogP contribution in [-0.4, -0.2) is 19.6 Å². The number of amides is 1. The van der Waals surface area contributed by atoms with Crippen LogP contribution in [0.1, 0.15) is 29.8 Å². The summed E-state index contributed by atoms with van der Waals surface area (Å²) in [5.41, 5.74) is 1.52. The molecule has 0 bridgehead atoms. The average molecular weight is 352 g/mol. The summed E-state index contributed by atoms with van der Waals surface area (Å²) in [7, 11) is -3.55. The molecule has 0 unspecified atom stereocenters. The standard InChI is InChI=1S/C17H18ClNO3S/c1-11(2)23(21,22)16-7-5-4-6-14(16)17(20)19-15-10-13(18)9-8-12(15)3/h4-11H,1-3H3,(H,19,20). The lowest BCUT2D eigenvalue weighted by Gasteiger charge is -2.14. The third-order valence-electron chi connectivity index (χ3n) is 3.51. The lowest BCUT2D eigenvalue weighted by Crippen LogP contribution is -2.21. The first-order chi connectivity index (χ1) is 10.7. The van der Waals surface area contributed by atoms with E-state index < -0.39 is 21.0 Å². The zero-order valence-corrected chi connectivity index (χ0v) is 14.7. The summed E-state index contributed by atoms with van der Waals surface area (Å²) in [5, 5.41) is 2.62. The van der Waals surface area contributed by atoms with Gasteiger partial charge in [0.05, 0.1) is 15.7 Å². The minimum atomic E-state index is -3.55. The van der Waals surface area contributed by atoms with Crippen LogP contribution >= 0.6 is 11.6 Å². The minimum Gasteiger partial charge on any atom is -0.322 e. The van der Waals surface area contributed by atoms with Gasteiger partial charge < -0.3 is 5.32 Å². The Morgan fingerprint density at radius 3 is 2.43 bits per heavy atom. The number of aryl methyl sites for hydroxylation is 1. The molecule has 1 amide bonds. The van der Waals surface area contributed by atoms with E-state index >= 15 is 0 Å². The number of rotatable bonds is 4. The molecule has 0 aliphatic carbocycles. The van der Waals surface area contributed by atoms with Gasteiger partial charge in [-0.2, -0.15) is 0 Å². The van der Waals surface area contributed by atoms with Gasteiger partial charge in [0, 0.05) is 10.7 Å². The van der Waals surface area contributed by atoms with Crippen LogP contribution in [-0.2, 0) is 9.84 Å². The zero-order valence-electron chi connectivity index (χ0n) is 13.1. The molecule has 0 aliphatic rings. The maximum Gasteiger partial charge on any atom is 0.256 e. The highest BCUT2D eigenvalue weighted by Gasteiger charge is 2.25. The summed E-state index contributed by atoms with van der Waals surface area (Å²) in [5.74, 6) is -0.477. The van der Waals surface area contributed by atoms with Crippen LogP contribution in [0.4, 0.5) is 5.69 Å². The van der Waals surface area contributed by atoms with E-state index in [4.69, 9.17) is 11.6 Å². The Morgan fingerprint density at radius 2 is 1.78 bits per heavy atom. The normalized spacial score (nSPS) is 11.5. The first kappa shape index (κ1) is 17.5. The number of carbonyl (C=O) groups excluding carboxylic acids is 1. The van der Waals surface area contributed by atoms with Crippen LogP contribution in [0.5, 0.6) is 0 Å². The molecule has 2 aromatic rings. The van der Waals surface area contributed by atoms with E-state index in [1.54, 1.807) is 44.2 Å². The van der Waals surface area contributed by atoms with Crippen molar-refractivity contribution in [1.82, 2.24) is 0 Å². The quantitative estimate of drug-likeness (QED) is 0.902. The molecule has 0 radical (unpaired) electrons. The van der Waals surface area contributed by atoms with Crippen molar-refractivity contribution in [3.05, 3.63) is 58.6 Å². The van der Waals surface area contributed by atoms with Gasteiger partial charge in [0.15, 0.2) is 9.84 Å². The van der Waals surface area contributed by atoms with Gasteiger partial charge in [-0.15, -0.1) is 0 Å². The number of halogens is 1. The first-order valence-electron chi connectivity index (χ1n) is 7.14. The van der Waals surface area contributed by atoms with Crippen LogP contribution in [0, 0.1) is 6.92 Å². The van der Waals surface area contributed by atoms with Gasteiger partial charge in [0.1, 0.15) is 0 Å². The van der Waals surface area contributed by atoms with Crippen molar-refractivity contribution in [2.45, 2.75) is 30.9 Å². The fraction of sp³-hybridized carbons (Fsp3) is 0.235. The van der Waals surface area contributed by atoms with E-state index in [9.17, 15) is 13.2 Å².